The Morgan fingerprint density at radius 3 is 2.64 bits per heavy atom. The van der Waals surface area contributed by atoms with Gasteiger partial charge in [0, 0.05) is 11.8 Å². The van der Waals surface area contributed by atoms with E-state index in [2.05, 4.69) is 15.5 Å². The highest BCUT2D eigenvalue weighted by atomic mass is 35.5. The summed E-state index contributed by atoms with van der Waals surface area (Å²) in [7, 11) is -1.93. The molecule has 0 aliphatic heterocycles. The molecule has 11 heteroatoms. The normalized spacial score (nSPS) is 15.1. The minimum atomic E-state index is -3.51. The zero-order valence-electron chi connectivity index (χ0n) is 18.0. The van der Waals surface area contributed by atoms with Gasteiger partial charge in [0.05, 0.1) is 27.2 Å². The van der Waals surface area contributed by atoms with Gasteiger partial charge < -0.3 is 9.57 Å². The van der Waals surface area contributed by atoms with Gasteiger partial charge in [-0.3, -0.25) is 10.1 Å². The van der Waals surface area contributed by atoms with Gasteiger partial charge >= 0.3 is 0 Å². The first-order chi connectivity index (χ1) is 15.7. The molecule has 1 amide bonds. The molecule has 0 atom stereocenters. The van der Waals surface area contributed by atoms with Crippen LogP contribution < -0.4 is 10.1 Å². The van der Waals surface area contributed by atoms with Gasteiger partial charge in [0.2, 0.25) is 0 Å². The van der Waals surface area contributed by atoms with Crippen molar-refractivity contribution >= 4 is 59.7 Å². The molecule has 1 aliphatic carbocycles. The number of fused-ring (bicyclic) bond motifs is 1. The Bertz CT molecular complexity index is 1330. The van der Waals surface area contributed by atoms with Crippen LogP contribution in [0.5, 0.6) is 5.75 Å². The van der Waals surface area contributed by atoms with E-state index in [0.717, 1.165) is 42.2 Å². The highest BCUT2D eigenvalue weighted by Crippen LogP contribution is 2.30. The van der Waals surface area contributed by atoms with Crippen LogP contribution in [0.3, 0.4) is 0 Å². The number of halogens is 1. The number of methoxy groups -OCH3 is 1. The molecule has 1 saturated carbocycles. The third kappa shape index (κ3) is 5.45. The van der Waals surface area contributed by atoms with E-state index >= 15 is 0 Å². The van der Waals surface area contributed by atoms with Gasteiger partial charge in [-0.2, -0.15) is 0 Å². The van der Waals surface area contributed by atoms with Crippen LogP contribution in [0.1, 0.15) is 31.2 Å². The lowest BCUT2D eigenvalue weighted by Gasteiger charge is -2.11. The lowest BCUT2D eigenvalue weighted by molar-refractivity contribution is -0.110. The molecule has 0 spiro atoms. The molecule has 1 aromatic heterocycles. The second-order valence-corrected chi connectivity index (χ2v) is 11.1. The van der Waals surface area contributed by atoms with Crippen molar-refractivity contribution in [2.45, 2.75) is 36.7 Å². The summed E-state index contributed by atoms with van der Waals surface area (Å²) >= 11 is 7.50. The molecule has 0 radical (unpaired) electrons. The molecule has 4 rings (SSSR count). The third-order valence-corrected chi connectivity index (χ3v) is 7.74. The maximum absolute atomic E-state index is 13.2. The number of thiazole rings is 1. The maximum Gasteiger partial charge on any atom is 0.280 e. The van der Waals surface area contributed by atoms with E-state index in [0.29, 0.717) is 16.4 Å². The Balaban J connectivity index is 1.65. The predicted molar refractivity (Wildman–Crippen MR) is 129 cm³/mol. The van der Waals surface area contributed by atoms with Crippen molar-refractivity contribution < 1.29 is 22.8 Å². The number of ether oxygens (including phenoxy) is 1. The first kappa shape index (κ1) is 23.5. The van der Waals surface area contributed by atoms with Crippen molar-refractivity contribution in [3.63, 3.8) is 0 Å². The Kier molecular flexibility index (Phi) is 6.87. The molecule has 0 unspecified atom stereocenters. The number of sulfone groups is 1. The number of hydrogen-bond donors (Lipinski definition) is 1. The van der Waals surface area contributed by atoms with E-state index < -0.39 is 15.7 Å². The van der Waals surface area contributed by atoms with Crippen LogP contribution in [0.4, 0.5) is 5.13 Å². The van der Waals surface area contributed by atoms with E-state index in [9.17, 15) is 13.2 Å². The molecule has 1 N–H and O–H groups in total. The van der Waals surface area contributed by atoms with Crippen molar-refractivity contribution in [1.29, 1.82) is 0 Å². The van der Waals surface area contributed by atoms with E-state index in [4.69, 9.17) is 21.2 Å². The van der Waals surface area contributed by atoms with Gasteiger partial charge in [-0.1, -0.05) is 34.2 Å². The summed E-state index contributed by atoms with van der Waals surface area (Å²) in [6.45, 7) is 0. The van der Waals surface area contributed by atoms with Crippen LogP contribution in [0.2, 0.25) is 5.02 Å². The third-order valence-electron chi connectivity index (χ3n) is 5.23. The number of amides is 1. The summed E-state index contributed by atoms with van der Waals surface area (Å²) in [5, 5.41) is 7.29. The maximum atomic E-state index is 13.2. The molecule has 174 valence electrons. The van der Waals surface area contributed by atoms with Gasteiger partial charge in [-0.25, -0.2) is 13.4 Å². The standard InChI is InChI=1S/C22H22ClN3O5S2/c1-30-15-8-9-17-18(12-15)32-22(24-17)25-21(27)20(26-31-14-5-3-4-6-14)13-7-10-19(16(23)11-13)33(2,28)29/h7-12,14H,3-6H2,1-2H3,(H,24,25,27). The molecule has 1 aliphatic rings. The monoisotopic (exact) mass is 507 g/mol. The van der Waals surface area contributed by atoms with Crippen LogP contribution in [-0.2, 0) is 19.5 Å². The summed E-state index contributed by atoms with van der Waals surface area (Å²) in [4.78, 5) is 23.2. The largest absolute Gasteiger partial charge is 0.497 e. The zero-order valence-corrected chi connectivity index (χ0v) is 20.4. The zero-order chi connectivity index (χ0) is 23.6. The summed E-state index contributed by atoms with van der Waals surface area (Å²) < 4.78 is 29.9. The Morgan fingerprint density at radius 1 is 1.21 bits per heavy atom. The second-order valence-electron chi connectivity index (χ2n) is 7.68. The van der Waals surface area contributed by atoms with Gasteiger partial charge in [-0.15, -0.1) is 0 Å². The van der Waals surface area contributed by atoms with Crippen LogP contribution >= 0.6 is 22.9 Å². The summed E-state index contributed by atoms with van der Waals surface area (Å²) in [5.41, 5.74) is 1.05. The highest BCUT2D eigenvalue weighted by Gasteiger charge is 2.22. The van der Waals surface area contributed by atoms with E-state index in [-0.39, 0.29) is 21.7 Å². The number of carbonyl (C=O) groups is 1. The smallest absolute Gasteiger partial charge is 0.280 e. The number of nitrogens with zero attached hydrogens (tertiary/aromatic N) is 2. The van der Waals surface area contributed by atoms with E-state index in [1.54, 1.807) is 13.2 Å². The van der Waals surface area contributed by atoms with E-state index in [1.807, 2.05) is 12.1 Å². The van der Waals surface area contributed by atoms with Crippen molar-refractivity contribution in [3.05, 3.63) is 47.0 Å². The average molecular weight is 508 g/mol. The second kappa shape index (κ2) is 9.66. The van der Waals surface area contributed by atoms with Crippen LogP contribution in [0.25, 0.3) is 10.2 Å². The summed E-state index contributed by atoms with van der Waals surface area (Å²) in [6.07, 6.45) is 4.84. The number of hydrogen-bond acceptors (Lipinski definition) is 8. The Hall–Kier alpha value is -2.69. The van der Waals surface area contributed by atoms with Gasteiger partial charge in [-0.05, 0) is 56.0 Å². The molecule has 1 heterocycles. The molecule has 2 aromatic carbocycles. The van der Waals surface area contributed by atoms with Crippen LogP contribution in [0, 0.1) is 0 Å². The van der Waals surface area contributed by atoms with E-state index in [1.165, 1.54) is 29.5 Å². The predicted octanol–water partition coefficient (Wildman–Crippen LogP) is 4.66. The van der Waals surface area contributed by atoms with Crippen LogP contribution in [-0.4, -0.2) is 44.5 Å². The molecule has 33 heavy (non-hydrogen) atoms. The van der Waals surface area contributed by atoms with Crippen molar-refractivity contribution in [2.75, 3.05) is 18.7 Å². The van der Waals surface area contributed by atoms with Gasteiger partial charge in [0.15, 0.2) is 20.7 Å². The number of benzene rings is 2. The fraction of sp³-hybridized carbons (Fsp3) is 0.318. The molecule has 0 bridgehead atoms. The SMILES string of the molecule is COc1ccc2nc(NC(=O)C(=NOC3CCCC3)c3ccc(S(C)(=O)=O)c(Cl)c3)sc2c1. The minimum Gasteiger partial charge on any atom is -0.497 e. The lowest BCUT2D eigenvalue weighted by Crippen LogP contribution is -2.25. The first-order valence-corrected chi connectivity index (χ1v) is 13.3. The fourth-order valence-corrected chi connectivity index (χ4v) is 5.76. The van der Waals surface area contributed by atoms with Crippen molar-refractivity contribution in [3.8, 4) is 5.75 Å². The average Bonchev–Trinajstić information content (AvgIpc) is 3.41. The fourth-order valence-electron chi connectivity index (χ4n) is 3.54. The minimum absolute atomic E-state index is 0.00319. The molecule has 8 nitrogen and oxygen atoms in total. The number of aromatic nitrogens is 1. The van der Waals surface area contributed by atoms with Gasteiger partial charge in [0.1, 0.15) is 11.9 Å². The lowest BCUT2D eigenvalue weighted by atomic mass is 10.1. The van der Waals surface area contributed by atoms with Gasteiger partial charge in [0.25, 0.3) is 5.91 Å². The number of oxime groups is 1. The quantitative estimate of drug-likeness (QED) is 0.368. The van der Waals surface area contributed by atoms with Crippen molar-refractivity contribution in [2.24, 2.45) is 5.16 Å². The molecular weight excluding hydrogens is 486 g/mol. The molecule has 0 saturated heterocycles. The molecule has 1 fully saturated rings. The van der Waals surface area contributed by atoms with Crippen molar-refractivity contribution in [1.82, 2.24) is 4.98 Å². The molecule has 3 aromatic rings. The highest BCUT2D eigenvalue weighted by molar-refractivity contribution is 7.90. The number of rotatable bonds is 7. The Labute approximate surface area is 200 Å². The number of carbonyl (C=O) groups excluding carboxylic acids is 1. The number of nitrogens with one attached hydrogen (secondary N) is 1. The number of anilines is 1. The topological polar surface area (TPSA) is 107 Å². The Morgan fingerprint density at radius 2 is 1.97 bits per heavy atom. The first-order valence-electron chi connectivity index (χ1n) is 10.2. The molecular formula is C22H22ClN3O5S2. The van der Waals surface area contributed by atoms with Crippen LogP contribution in [0.15, 0.2) is 46.4 Å². The summed E-state index contributed by atoms with van der Waals surface area (Å²) in [5.74, 6) is 0.152. The summed E-state index contributed by atoms with van der Waals surface area (Å²) in [6, 6.07) is 9.68.